The van der Waals surface area contributed by atoms with E-state index in [0.29, 0.717) is 23.9 Å². The van der Waals surface area contributed by atoms with Gasteiger partial charge in [0.05, 0.1) is 4.90 Å². The highest BCUT2D eigenvalue weighted by atomic mass is 32.2. The zero-order chi connectivity index (χ0) is 22.1. The molecule has 0 spiro atoms. The van der Waals surface area contributed by atoms with Crippen LogP contribution >= 0.6 is 0 Å². The van der Waals surface area contributed by atoms with E-state index in [1.165, 1.54) is 12.1 Å². The van der Waals surface area contributed by atoms with Crippen LogP contribution in [0.25, 0.3) is 10.9 Å². The first kappa shape index (κ1) is 21.7. The second kappa shape index (κ2) is 8.39. The van der Waals surface area contributed by atoms with Gasteiger partial charge < -0.3 is 9.84 Å². The maximum absolute atomic E-state index is 14.5. The Balaban J connectivity index is 2.13. The van der Waals surface area contributed by atoms with E-state index in [1.54, 1.807) is 31.2 Å². The third kappa shape index (κ3) is 4.43. The largest absolute Gasteiger partial charge is 0.481 e. The average molecular weight is 431 g/mol. The lowest BCUT2D eigenvalue weighted by molar-refractivity contribution is -0.139. The second-order valence-corrected chi connectivity index (χ2v) is 9.07. The number of hydrogen-bond donors (Lipinski definition) is 1. The normalized spacial score (nSPS) is 11.6. The van der Waals surface area contributed by atoms with Crippen molar-refractivity contribution < 1.29 is 27.4 Å². The molecule has 0 amide bonds. The number of aryl methyl sites for hydroxylation is 2. The molecule has 8 heteroatoms. The first-order chi connectivity index (χ1) is 14.1. The number of sulfone groups is 1. The number of halogens is 1. The molecule has 0 saturated carbocycles. The molecular weight excluding hydrogens is 409 g/mol. The summed E-state index contributed by atoms with van der Waals surface area (Å²) in [5.41, 5.74) is 3.38. The molecule has 30 heavy (non-hydrogen) atoms. The predicted octanol–water partition coefficient (Wildman–Crippen LogP) is 3.70. The van der Waals surface area contributed by atoms with E-state index in [1.807, 2.05) is 6.92 Å². The minimum absolute atomic E-state index is 0.142. The smallest absolute Gasteiger partial charge is 0.341 e. The number of rotatable bonds is 7. The van der Waals surface area contributed by atoms with Crippen LogP contribution in [0.2, 0.25) is 0 Å². The topological polar surface area (TPSA) is 93.6 Å². The predicted molar refractivity (Wildman–Crippen MR) is 111 cm³/mol. The van der Waals surface area contributed by atoms with Gasteiger partial charge in [0.15, 0.2) is 16.4 Å². The molecule has 158 valence electrons. The van der Waals surface area contributed by atoms with Gasteiger partial charge in [-0.3, -0.25) is 0 Å². The fourth-order valence-corrected chi connectivity index (χ4v) is 4.13. The summed E-state index contributed by atoms with van der Waals surface area (Å²) in [6.45, 7) is 3.18. The van der Waals surface area contributed by atoms with E-state index < -0.39 is 28.2 Å². The Morgan fingerprint density at radius 2 is 1.80 bits per heavy atom. The Morgan fingerprint density at radius 3 is 2.37 bits per heavy atom. The average Bonchev–Trinajstić information content (AvgIpc) is 2.68. The van der Waals surface area contributed by atoms with E-state index >= 15 is 0 Å². The highest BCUT2D eigenvalue weighted by molar-refractivity contribution is 7.90. The van der Waals surface area contributed by atoms with E-state index in [0.717, 1.165) is 22.9 Å². The Hall–Kier alpha value is -3.00. The van der Waals surface area contributed by atoms with Crippen LogP contribution in [0.1, 0.15) is 29.3 Å². The number of carboxylic acid groups (broad SMARTS) is 1. The lowest BCUT2D eigenvalue weighted by Gasteiger charge is -2.17. The van der Waals surface area contributed by atoms with Crippen LogP contribution in [-0.2, 0) is 27.5 Å². The maximum Gasteiger partial charge on any atom is 0.341 e. The molecule has 3 rings (SSSR count). The van der Waals surface area contributed by atoms with E-state index in [-0.39, 0.29) is 16.2 Å². The fraction of sp³-hybridized carbons (Fsp3) is 0.273. The monoisotopic (exact) mass is 431 g/mol. The van der Waals surface area contributed by atoms with Crippen LogP contribution in [0.3, 0.4) is 0 Å². The summed E-state index contributed by atoms with van der Waals surface area (Å²) in [7, 11) is -3.28. The molecule has 0 aliphatic heterocycles. The van der Waals surface area contributed by atoms with Gasteiger partial charge in [-0.2, -0.15) is 0 Å². The SMILES string of the molecule is CCc1c(Cc2ccc(S(C)(=O)=O)cc2)c(C)nc2c(F)ccc(OCC(=O)O)c12. The van der Waals surface area contributed by atoms with Crippen molar-refractivity contribution in [2.24, 2.45) is 0 Å². The van der Waals surface area contributed by atoms with Crippen LogP contribution in [0.5, 0.6) is 5.75 Å². The van der Waals surface area contributed by atoms with Crippen molar-refractivity contribution in [1.29, 1.82) is 0 Å². The van der Waals surface area contributed by atoms with Gasteiger partial charge >= 0.3 is 5.97 Å². The van der Waals surface area contributed by atoms with Gasteiger partial charge in [-0.15, -0.1) is 0 Å². The Labute approximate surface area is 174 Å². The second-order valence-electron chi connectivity index (χ2n) is 7.05. The number of carbonyl (C=O) groups is 1. The molecule has 1 N–H and O–H groups in total. The van der Waals surface area contributed by atoms with Crippen molar-refractivity contribution in [3.05, 3.63) is 64.6 Å². The molecule has 0 fully saturated rings. The fourth-order valence-electron chi connectivity index (χ4n) is 3.50. The summed E-state index contributed by atoms with van der Waals surface area (Å²) < 4.78 is 43.3. The molecule has 0 radical (unpaired) electrons. The number of carboxylic acids is 1. The number of aliphatic carboxylic acids is 1. The number of benzene rings is 2. The van der Waals surface area contributed by atoms with Gasteiger partial charge in [-0.25, -0.2) is 22.6 Å². The summed E-state index contributed by atoms with van der Waals surface area (Å²) in [5, 5.41) is 9.41. The maximum atomic E-state index is 14.5. The van der Waals surface area contributed by atoms with Crippen molar-refractivity contribution >= 4 is 26.7 Å². The third-order valence-electron chi connectivity index (χ3n) is 4.91. The lowest BCUT2D eigenvalue weighted by atomic mass is 9.93. The third-order valence-corrected chi connectivity index (χ3v) is 6.04. The lowest BCUT2D eigenvalue weighted by Crippen LogP contribution is -2.11. The van der Waals surface area contributed by atoms with Crippen molar-refractivity contribution in [2.45, 2.75) is 31.6 Å². The van der Waals surface area contributed by atoms with Crippen LogP contribution in [0.4, 0.5) is 4.39 Å². The Kier molecular flexibility index (Phi) is 6.07. The summed E-state index contributed by atoms with van der Waals surface area (Å²) in [6.07, 6.45) is 2.18. The van der Waals surface area contributed by atoms with E-state index in [4.69, 9.17) is 9.84 Å². The van der Waals surface area contributed by atoms with Gasteiger partial charge in [-0.05, 0) is 60.7 Å². The number of hydrogen-bond acceptors (Lipinski definition) is 5. The molecule has 3 aromatic rings. The van der Waals surface area contributed by atoms with Crippen LogP contribution < -0.4 is 4.74 Å². The minimum Gasteiger partial charge on any atom is -0.481 e. The first-order valence-electron chi connectivity index (χ1n) is 9.36. The number of nitrogens with zero attached hydrogens (tertiary/aromatic N) is 1. The van der Waals surface area contributed by atoms with Gasteiger partial charge in [0.2, 0.25) is 0 Å². The standard InChI is InChI=1S/C22H22FNO5S/c1-4-16-17(11-14-5-7-15(8-6-14)30(3,27)28)13(2)24-22-18(23)9-10-19(21(16)22)29-12-20(25)26/h5-10H,4,11-12H2,1-3H3,(H,25,26). The summed E-state index contributed by atoms with van der Waals surface area (Å²) in [5.74, 6) is -1.36. The number of pyridine rings is 1. The van der Waals surface area contributed by atoms with Crippen molar-refractivity contribution in [3.8, 4) is 5.75 Å². The quantitative estimate of drug-likeness (QED) is 0.613. The summed E-state index contributed by atoms with van der Waals surface area (Å²) in [4.78, 5) is 15.6. The Bertz CT molecular complexity index is 1220. The molecule has 0 aliphatic carbocycles. The molecule has 0 aliphatic rings. The van der Waals surface area contributed by atoms with E-state index in [9.17, 15) is 17.6 Å². The van der Waals surface area contributed by atoms with Crippen molar-refractivity contribution in [3.63, 3.8) is 0 Å². The molecule has 0 bridgehead atoms. The highest BCUT2D eigenvalue weighted by Gasteiger charge is 2.19. The van der Waals surface area contributed by atoms with Gasteiger partial charge in [0.25, 0.3) is 0 Å². The molecule has 2 aromatic carbocycles. The van der Waals surface area contributed by atoms with Crippen LogP contribution in [0.15, 0.2) is 41.3 Å². The zero-order valence-corrected chi connectivity index (χ0v) is 17.7. The summed E-state index contributed by atoms with van der Waals surface area (Å²) >= 11 is 0. The van der Waals surface area contributed by atoms with Crippen LogP contribution in [-0.4, -0.2) is 37.3 Å². The van der Waals surface area contributed by atoms with Crippen molar-refractivity contribution in [1.82, 2.24) is 4.98 Å². The molecular formula is C22H22FNO5S. The number of ether oxygens (including phenoxy) is 1. The minimum atomic E-state index is -3.28. The first-order valence-corrected chi connectivity index (χ1v) is 11.2. The molecule has 6 nitrogen and oxygen atoms in total. The molecule has 0 saturated heterocycles. The molecule has 1 aromatic heterocycles. The molecule has 0 unspecified atom stereocenters. The number of fused-ring (bicyclic) bond motifs is 1. The van der Waals surface area contributed by atoms with Crippen LogP contribution in [0, 0.1) is 12.7 Å². The van der Waals surface area contributed by atoms with Gasteiger partial charge in [0, 0.05) is 17.3 Å². The zero-order valence-electron chi connectivity index (χ0n) is 16.9. The molecule has 1 heterocycles. The number of aromatic nitrogens is 1. The van der Waals surface area contributed by atoms with E-state index in [2.05, 4.69) is 4.98 Å². The molecule has 0 atom stereocenters. The van der Waals surface area contributed by atoms with Gasteiger partial charge in [-0.1, -0.05) is 19.1 Å². The van der Waals surface area contributed by atoms with Gasteiger partial charge in [0.1, 0.15) is 17.1 Å². The summed E-state index contributed by atoms with van der Waals surface area (Å²) in [6, 6.07) is 9.23. The van der Waals surface area contributed by atoms with Crippen molar-refractivity contribution in [2.75, 3.05) is 12.9 Å². The highest BCUT2D eigenvalue weighted by Crippen LogP contribution is 2.34. The Morgan fingerprint density at radius 1 is 1.13 bits per heavy atom.